The summed E-state index contributed by atoms with van der Waals surface area (Å²) in [4.78, 5) is 0. The second-order valence-electron chi connectivity index (χ2n) is 5.43. The molecule has 2 nitrogen and oxygen atoms in total. The molecule has 0 aliphatic heterocycles. The van der Waals surface area contributed by atoms with Gasteiger partial charge in [0.15, 0.2) is 0 Å². The topological polar surface area (TPSA) is 15.6 Å². The number of anilines is 1. The van der Waals surface area contributed by atoms with Gasteiger partial charge in [0.2, 0.25) is 0 Å². The van der Waals surface area contributed by atoms with E-state index in [2.05, 4.69) is 60.7 Å². The molecule has 0 saturated carbocycles. The van der Waals surface area contributed by atoms with E-state index in [9.17, 15) is 0 Å². The standard InChI is InChI=1S/C21H20N2/c1-23(20-15-9-4-10-16-20)22-21(19-13-7-3-8-14-19)17-18-11-5-2-6-12-18/h2-16H,17H2,1H3/b22-21-. The molecule has 0 aromatic heterocycles. The molecule has 0 spiro atoms. The Kier molecular flexibility index (Phi) is 4.85. The molecule has 3 rings (SSSR count). The van der Waals surface area contributed by atoms with Gasteiger partial charge >= 0.3 is 0 Å². The maximum atomic E-state index is 4.86. The Hall–Kier alpha value is -2.87. The molecule has 0 unspecified atom stereocenters. The average molecular weight is 300 g/mol. The van der Waals surface area contributed by atoms with Crippen LogP contribution in [0.3, 0.4) is 0 Å². The molecule has 2 heteroatoms. The van der Waals surface area contributed by atoms with Crippen molar-refractivity contribution in [3.05, 3.63) is 102 Å². The van der Waals surface area contributed by atoms with E-state index >= 15 is 0 Å². The Labute approximate surface area is 137 Å². The van der Waals surface area contributed by atoms with Crippen LogP contribution in [0.1, 0.15) is 11.1 Å². The van der Waals surface area contributed by atoms with Crippen molar-refractivity contribution in [2.45, 2.75) is 6.42 Å². The monoisotopic (exact) mass is 300 g/mol. The third-order valence-corrected chi connectivity index (χ3v) is 3.72. The number of hydrogen-bond acceptors (Lipinski definition) is 2. The molecule has 0 aliphatic carbocycles. The van der Waals surface area contributed by atoms with Crippen molar-refractivity contribution in [1.82, 2.24) is 0 Å². The van der Waals surface area contributed by atoms with E-state index in [1.54, 1.807) is 0 Å². The first kappa shape index (κ1) is 15.0. The molecule has 0 amide bonds. The molecule has 0 bridgehead atoms. The van der Waals surface area contributed by atoms with E-state index in [0.717, 1.165) is 23.4 Å². The summed E-state index contributed by atoms with van der Waals surface area (Å²) in [6.07, 6.45) is 0.808. The Morgan fingerprint density at radius 3 is 1.87 bits per heavy atom. The van der Waals surface area contributed by atoms with E-state index in [4.69, 9.17) is 5.10 Å². The van der Waals surface area contributed by atoms with Crippen LogP contribution in [0.2, 0.25) is 0 Å². The van der Waals surface area contributed by atoms with Gasteiger partial charge in [-0.25, -0.2) is 0 Å². The van der Waals surface area contributed by atoms with E-state index in [1.807, 2.05) is 42.4 Å². The smallest absolute Gasteiger partial charge is 0.0725 e. The van der Waals surface area contributed by atoms with Crippen molar-refractivity contribution in [1.29, 1.82) is 0 Å². The van der Waals surface area contributed by atoms with Crippen LogP contribution in [0, 0.1) is 0 Å². The van der Waals surface area contributed by atoms with Gasteiger partial charge in [0.25, 0.3) is 0 Å². The fraction of sp³-hybridized carbons (Fsp3) is 0.0952. The minimum Gasteiger partial charge on any atom is -0.268 e. The third-order valence-electron chi connectivity index (χ3n) is 3.72. The summed E-state index contributed by atoms with van der Waals surface area (Å²) >= 11 is 0. The lowest BCUT2D eigenvalue weighted by molar-refractivity contribution is 1.01. The highest BCUT2D eigenvalue weighted by molar-refractivity contribution is 6.02. The van der Waals surface area contributed by atoms with Crippen molar-refractivity contribution in [2.24, 2.45) is 5.10 Å². The van der Waals surface area contributed by atoms with Crippen LogP contribution < -0.4 is 5.01 Å². The van der Waals surface area contributed by atoms with Crippen LogP contribution in [-0.2, 0) is 6.42 Å². The van der Waals surface area contributed by atoms with Crippen molar-refractivity contribution in [2.75, 3.05) is 12.1 Å². The van der Waals surface area contributed by atoms with Gasteiger partial charge in [-0.05, 0) is 23.3 Å². The van der Waals surface area contributed by atoms with E-state index in [1.165, 1.54) is 5.56 Å². The fourth-order valence-corrected chi connectivity index (χ4v) is 2.50. The van der Waals surface area contributed by atoms with Gasteiger partial charge in [-0.15, -0.1) is 0 Å². The molecule has 114 valence electrons. The van der Waals surface area contributed by atoms with Gasteiger partial charge in [0.1, 0.15) is 0 Å². The first-order valence-electron chi connectivity index (χ1n) is 7.78. The lowest BCUT2D eigenvalue weighted by atomic mass is 10.0. The summed E-state index contributed by atoms with van der Waals surface area (Å²) in [7, 11) is 1.99. The summed E-state index contributed by atoms with van der Waals surface area (Å²) in [5, 5.41) is 6.80. The summed E-state index contributed by atoms with van der Waals surface area (Å²) in [6.45, 7) is 0. The molecule has 0 aliphatic rings. The Morgan fingerprint density at radius 1 is 0.739 bits per heavy atom. The summed E-state index contributed by atoms with van der Waals surface area (Å²) in [6, 6.07) is 31.0. The quantitative estimate of drug-likeness (QED) is 0.489. The summed E-state index contributed by atoms with van der Waals surface area (Å²) in [5.41, 5.74) is 4.55. The highest BCUT2D eigenvalue weighted by atomic mass is 15.4. The van der Waals surface area contributed by atoms with Gasteiger partial charge < -0.3 is 0 Å². The Bertz CT molecular complexity index is 750. The van der Waals surface area contributed by atoms with Crippen molar-refractivity contribution < 1.29 is 0 Å². The average Bonchev–Trinajstić information content (AvgIpc) is 2.63. The van der Waals surface area contributed by atoms with Crippen LogP contribution in [0.5, 0.6) is 0 Å². The van der Waals surface area contributed by atoms with Gasteiger partial charge in [0.05, 0.1) is 11.4 Å². The van der Waals surface area contributed by atoms with E-state index in [0.29, 0.717) is 0 Å². The highest BCUT2D eigenvalue weighted by Gasteiger charge is 2.07. The number of nitrogens with zero attached hydrogens (tertiary/aromatic N) is 2. The Morgan fingerprint density at radius 2 is 1.26 bits per heavy atom. The van der Waals surface area contributed by atoms with Crippen molar-refractivity contribution in [3.8, 4) is 0 Å². The summed E-state index contributed by atoms with van der Waals surface area (Å²) < 4.78 is 0. The van der Waals surface area contributed by atoms with E-state index in [-0.39, 0.29) is 0 Å². The predicted octanol–water partition coefficient (Wildman–Crippen LogP) is 4.77. The number of rotatable bonds is 5. The zero-order chi connectivity index (χ0) is 15.9. The lowest BCUT2D eigenvalue weighted by Crippen LogP contribution is -2.15. The molecule has 0 atom stereocenters. The van der Waals surface area contributed by atoms with Crippen LogP contribution >= 0.6 is 0 Å². The minimum atomic E-state index is 0.808. The molecule has 0 saturated heterocycles. The molecular formula is C21H20N2. The van der Waals surface area contributed by atoms with Crippen LogP contribution in [0.15, 0.2) is 96.1 Å². The maximum absolute atomic E-state index is 4.86. The van der Waals surface area contributed by atoms with Gasteiger partial charge in [-0.3, -0.25) is 5.01 Å². The first-order valence-corrected chi connectivity index (χ1v) is 7.78. The summed E-state index contributed by atoms with van der Waals surface area (Å²) in [5.74, 6) is 0. The zero-order valence-electron chi connectivity index (χ0n) is 13.3. The molecule has 3 aromatic rings. The van der Waals surface area contributed by atoms with E-state index < -0.39 is 0 Å². The highest BCUT2D eigenvalue weighted by Crippen LogP contribution is 2.15. The van der Waals surface area contributed by atoms with Crippen molar-refractivity contribution >= 4 is 11.4 Å². The molecular weight excluding hydrogens is 280 g/mol. The van der Waals surface area contributed by atoms with Crippen molar-refractivity contribution in [3.63, 3.8) is 0 Å². The maximum Gasteiger partial charge on any atom is 0.0725 e. The number of benzene rings is 3. The molecule has 0 N–H and O–H groups in total. The van der Waals surface area contributed by atoms with Crippen LogP contribution in [0.25, 0.3) is 0 Å². The van der Waals surface area contributed by atoms with Crippen LogP contribution in [-0.4, -0.2) is 12.8 Å². The molecule has 0 heterocycles. The van der Waals surface area contributed by atoms with Crippen LogP contribution in [0.4, 0.5) is 5.69 Å². The van der Waals surface area contributed by atoms with Gasteiger partial charge in [0, 0.05) is 13.5 Å². The SMILES string of the molecule is CN(/N=C(/Cc1ccccc1)c1ccccc1)c1ccccc1. The minimum absolute atomic E-state index is 0.808. The second-order valence-corrected chi connectivity index (χ2v) is 5.43. The van der Waals surface area contributed by atoms with Gasteiger partial charge in [-0.1, -0.05) is 78.9 Å². The number of hydrazone groups is 1. The Balaban J connectivity index is 1.93. The molecule has 3 aromatic carbocycles. The third kappa shape index (κ3) is 4.07. The number of para-hydroxylation sites is 1. The normalized spacial score (nSPS) is 11.3. The molecule has 23 heavy (non-hydrogen) atoms. The largest absolute Gasteiger partial charge is 0.268 e. The lowest BCUT2D eigenvalue weighted by Gasteiger charge is -2.16. The molecule has 0 radical (unpaired) electrons. The fourth-order valence-electron chi connectivity index (χ4n) is 2.50. The molecule has 0 fully saturated rings. The second kappa shape index (κ2) is 7.41. The van der Waals surface area contributed by atoms with Gasteiger partial charge in [-0.2, -0.15) is 5.10 Å². The zero-order valence-corrected chi connectivity index (χ0v) is 13.3. The first-order chi connectivity index (χ1) is 11.3. The number of hydrogen-bond donors (Lipinski definition) is 0. The predicted molar refractivity (Wildman–Crippen MR) is 98.0 cm³/mol.